The summed E-state index contributed by atoms with van der Waals surface area (Å²) in [6, 6.07) is 5.35. The molecule has 4 nitrogen and oxygen atoms in total. The zero-order valence-electron chi connectivity index (χ0n) is 11.8. The van der Waals surface area contributed by atoms with Gasteiger partial charge < -0.3 is 4.74 Å². The molecule has 1 aromatic carbocycles. The van der Waals surface area contributed by atoms with Crippen LogP contribution in [-0.4, -0.2) is 39.5 Å². The lowest BCUT2D eigenvalue weighted by Gasteiger charge is -2.18. The van der Waals surface area contributed by atoms with E-state index in [1.807, 2.05) is 19.1 Å². The van der Waals surface area contributed by atoms with Crippen LogP contribution in [0.1, 0.15) is 17.5 Å². The Labute approximate surface area is 125 Å². The molecule has 0 saturated carbocycles. The van der Waals surface area contributed by atoms with Crippen LogP contribution in [0.4, 0.5) is 0 Å². The van der Waals surface area contributed by atoms with Gasteiger partial charge in [-0.25, -0.2) is 8.42 Å². The number of ether oxygens (including phenoxy) is 1. The molecule has 0 radical (unpaired) electrons. The molecule has 1 fully saturated rings. The Hall–Kier alpha value is -0.620. The molecule has 0 spiro atoms. The van der Waals surface area contributed by atoms with Gasteiger partial charge in [-0.15, -0.1) is 11.6 Å². The molecule has 0 bridgehead atoms. The number of hydrogen-bond donors (Lipinski definition) is 0. The summed E-state index contributed by atoms with van der Waals surface area (Å²) in [5.41, 5.74) is 1.58. The predicted molar refractivity (Wildman–Crippen MR) is 79.5 cm³/mol. The topological polar surface area (TPSA) is 46.6 Å². The average molecular weight is 318 g/mol. The zero-order chi connectivity index (χ0) is 14.8. The summed E-state index contributed by atoms with van der Waals surface area (Å²) in [6.07, 6.45) is 0.849. The summed E-state index contributed by atoms with van der Waals surface area (Å²) in [7, 11) is -1.79. The van der Waals surface area contributed by atoms with Crippen LogP contribution in [-0.2, 0) is 20.6 Å². The second-order valence-electron chi connectivity index (χ2n) is 5.21. The first-order chi connectivity index (χ1) is 9.48. The summed E-state index contributed by atoms with van der Waals surface area (Å²) in [4.78, 5) is 0.369. The van der Waals surface area contributed by atoms with E-state index in [-0.39, 0.29) is 5.92 Å². The van der Waals surface area contributed by atoms with Crippen molar-refractivity contribution < 1.29 is 13.2 Å². The maximum absolute atomic E-state index is 12.7. The van der Waals surface area contributed by atoms with E-state index >= 15 is 0 Å². The third-order valence-electron chi connectivity index (χ3n) is 3.68. The number of aryl methyl sites for hydroxylation is 1. The number of methoxy groups -OCH3 is 1. The van der Waals surface area contributed by atoms with Gasteiger partial charge in [-0.2, -0.15) is 4.31 Å². The highest BCUT2D eigenvalue weighted by atomic mass is 35.5. The van der Waals surface area contributed by atoms with Crippen molar-refractivity contribution in [1.82, 2.24) is 4.31 Å². The lowest BCUT2D eigenvalue weighted by Crippen LogP contribution is -2.30. The molecule has 2 rings (SSSR count). The summed E-state index contributed by atoms with van der Waals surface area (Å²) >= 11 is 5.80. The molecule has 0 aliphatic carbocycles. The second-order valence-corrected chi connectivity index (χ2v) is 7.38. The molecule has 1 unspecified atom stereocenters. The molecule has 0 amide bonds. The van der Waals surface area contributed by atoms with Crippen molar-refractivity contribution in [3.05, 3.63) is 29.3 Å². The Morgan fingerprint density at radius 3 is 2.85 bits per heavy atom. The van der Waals surface area contributed by atoms with Crippen LogP contribution < -0.4 is 0 Å². The first kappa shape index (κ1) is 15.8. The molecule has 1 saturated heterocycles. The van der Waals surface area contributed by atoms with Crippen molar-refractivity contribution in [2.75, 3.05) is 26.8 Å². The number of rotatable bonds is 5. The molecule has 1 aromatic rings. The van der Waals surface area contributed by atoms with Crippen molar-refractivity contribution in [3.8, 4) is 0 Å². The molecule has 1 heterocycles. The molecule has 1 aliphatic rings. The molecule has 0 aromatic heterocycles. The van der Waals surface area contributed by atoms with E-state index in [0.717, 1.165) is 17.5 Å². The maximum atomic E-state index is 12.7. The summed E-state index contributed by atoms with van der Waals surface area (Å²) < 4.78 is 32.1. The number of alkyl halides is 1. The van der Waals surface area contributed by atoms with E-state index in [1.54, 1.807) is 17.5 Å². The Bertz CT molecular complexity index is 574. The molecule has 1 aliphatic heterocycles. The fraction of sp³-hybridized carbons (Fsp3) is 0.571. The van der Waals surface area contributed by atoms with Gasteiger partial charge in [-0.3, -0.25) is 0 Å². The smallest absolute Gasteiger partial charge is 0.243 e. The molecule has 1 atom stereocenters. The Balaban J connectivity index is 2.27. The van der Waals surface area contributed by atoms with Gasteiger partial charge >= 0.3 is 0 Å². The normalized spacial score (nSPS) is 20.4. The number of sulfonamides is 1. The summed E-state index contributed by atoms with van der Waals surface area (Å²) in [5.74, 6) is 0.598. The molecular weight excluding hydrogens is 298 g/mol. The van der Waals surface area contributed by atoms with Crippen LogP contribution in [0.25, 0.3) is 0 Å². The Morgan fingerprint density at radius 1 is 1.45 bits per heavy atom. The van der Waals surface area contributed by atoms with Crippen LogP contribution in [0.15, 0.2) is 23.1 Å². The molecule has 6 heteroatoms. The number of benzene rings is 1. The maximum Gasteiger partial charge on any atom is 0.243 e. The lowest BCUT2D eigenvalue weighted by atomic mass is 10.1. The predicted octanol–water partition coefficient (Wildman–Crippen LogP) is 2.39. The Kier molecular flexibility index (Phi) is 5.07. The summed E-state index contributed by atoms with van der Waals surface area (Å²) in [6.45, 7) is 3.50. The van der Waals surface area contributed by atoms with Gasteiger partial charge in [0.15, 0.2) is 0 Å². The van der Waals surface area contributed by atoms with E-state index in [1.165, 1.54) is 0 Å². The SMILES string of the molecule is COCC1CCN(S(=O)(=O)c2cc(CCl)ccc2C)C1. The molecule has 112 valence electrons. The number of hydrogen-bond acceptors (Lipinski definition) is 3. The fourth-order valence-corrected chi connectivity index (χ4v) is 4.50. The van der Waals surface area contributed by atoms with E-state index in [9.17, 15) is 8.42 Å². The highest BCUT2D eigenvalue weighted by molar-refractivity contribution is 7.89. The van der Waals surface area contributed by atoms with Gasteiger partial charge in [0.05, 0.1) is 11.5 Å². The van der Waals surface area contributed by atoms with Gasteiger partial charge in [-0.1, -0.05) is 12.1 Å². The van der Waals surface area contributed by atoms with E-state index in [2.05, 4.69) is 0 Å². The van der Waals surface area contributed by atoms with Gasteiger partial charge in [0, 0.05) is 26.1 Å². The first-order valence-corrected chi connectivity index (χ1v) is 8.61. The van der Waals surface area contributed by atoms with Gasteiger partial charge in [0.2, 0.25) is 10.0 Å². The van der Waals surface area contributed by atoms with Crippen LogP contribution in [0, 0.1) is 12.8 Å². The van der Waals surface area contributed by atoms with Crippen LogP contribution >= 0.6 is 11.6 Å². The highest BCUT2D eigenvalue weighted by Crippen LogP contribution is 2.27. The fourth-order valence-electron chi connectivity index (χ4n) is 2.53. The monoisotopic (exact) mass is 317 g/mol. The lowest BCUT2D eigenvalue weighted by molar-refractivity contribution is 0.157. The van der Waals surface area contributed by atoms with Crippen LogP contribution in [0.5, 0.6) is 0 Å². The molecular formula is C14H20ClNO3S. The number of nitrogens with zero attached hydrogens (tertiary/aromatic N) is 1. The standard InChI is InChI=1S/C14H20ClNO3S/c1-11-3-4-12(8-15)7-14(11)20(17,18)16-6-5-13(9-16)10-19-2/h3-4,7,13H,5-6,8-10H2,1-2H3. The minimum Gasteiger partial charge on any atom is -0.384 e. The largest absolute Gasteiger partial charge is 0.384 e. The van der Waals surface area contributed by atoms with Gasteiger partial charge in [0.25, 0.3) is 0 Å². The number of halogens is 1. The second kappa shape index (κ2) is 6.43. The van der Waals surface area contributed by atoms with Gasteiger partial charge in [-0.05, 0) is 36.5 Å². The van der Waals surface area contributed by atoms with E-state index in [4.69, 9.17) is 16.3 Å². The van der Waals surface area contributed by atoms with E-state index < -0.39 is 10.0 Å². The van der Waals surface area contributed by atoms with Crippen LogP contribution in [0.3, 0.4) is 0 Å². The minimum absolute atomic E-state index is 0.284. The third kappa shape index (κ3) is 3.17. The first-order valence-electron chi connectivity index (χ1n) is 6.63. The summed E-state index contributed by atoms with van der Waals surface area (Å²) in [5, 5.41) is 0. The van der Waals surface area contributed by atoms with E-state index in [0.29, 0.717) is 30.5 Å². The quantitative estimate of drug-likeness (QED) is 0.783. The van der Waals surface area contributed by atoms with Crippen molar-refractivity contribution in [3.63, 3.8) is 0 Å². The van der Waals surface area contributed by atoms with Gasteiger partial charge in [0.1, 0.15) is 0 Å². The van der Waals surface area contributed by atoms with Crippen LogP contribution in [0.2, 0.25) is 0 Å². The van der Waals surface area contributed by atoms with Crippen molar-refractivity contribution in [1.29, 1.82) is 0 Å². The zero-order valence-corrected chi connectivity index (χ0v) is 13.4. The Morgan fingerprint density at radius 2 is 2.20 bits per heavy atom. The van der Waals surface area contributed by atoms with Crippen molar-refractivity contribution >= 4 is 21.6 Å². The van der Waals surface area contributed by atoms with Crippen molar-refractivity contribution in [2.24, 2.45) is 5.92 Å². The minimum atomic E-state index is -3.43. The highest BCUT2D eigenvalue weighted by Gasteiger charge is 2.33. The third-order valence-corrected chi connectivity index (χ3v) is 5.99. The van der Waals surface area contributed by atoms with Crippen molar-refractivity contribution in [2.45, 2.75) is 24.1 Å². The molecule has 20 heavy (non-hydrogen) atoms. The molecule has 0 N–H and O–H groups in total. The average Bonchev–Trinajstić information content (AvgIpc) is 2.89.